The van der Waals surface area contributed by atoms with Gasteiger partial charge in [0.15, 0.2) is 5.60 Å². The summed E-state index contributed by atoms with van der Waals surface area (Å²) < 4.78 is 12.0. The Balaban J connectivity index is 1.66. The Labute approximate surface area is 197 Å². The van der Waals surface area contributed by atoms with E-state index in [0.717, 1.165) is 19.3 Å². The Morgan fingerprint density at radius 2 is 1.65 bits per heavy atom. The minimum Gasteiger partial charge on any atom is -0.508 e. The number of hydrogen-bond donors (Lipinski definition) is 3. The predicted molar refractivity (Wildman–Crippen MR) is 124 cm³/mol. The van der Waals surface area contributed by atoms with E-state index in [0.29, 0.717) is 27.8 Å². The Kier molecular flexibility index (Phi) is 5.20. The van der Waals surface area contributed by atoms with Crippen LogP contribution in [0.15, 0.2) is 54.6 Å². The summed E-state index contributed by atoms with van der Waals surface area (Å²) in [5.41, 5.74) is 0.852. The molecule has 7 nitrogen and oxygen atoms in total. The summed E-state index contributed by atoms with van der Waals surface area (Å²) in [6.45, 7) is 5.78. The van der Waals surface area contributed by atoms with Crippen LogP contribution in [-0.4, -0.2) is 28.1 Å². The van der Waals surface area contributed by atoms with Crippen molar-refractivity contribution in [3.05, 3.63) is 89.3 Å². The Morgan fingerprint density at radius 1 is 1.00 bits per heavy atom. The molecule has 2 aliphatic rings. The van der Waals surface area contributed by atoms with Gasteiger partial charge in [0.05, 0.1) is 5.56 Å². The second-order valence-electron chi connectivity index (χ2n) is 8.66. The van der Waals surface area contributed by atoms with Crippen molar-refractivity contribution in [2.45, 2.75) is 37.8 Å². The van der Waals surface area contributed by atoms with Gasteiger partial charge in [-0.3, -0.25) is 4.79 Å². The van der Waals surface area contributed by atoms with E-state index in [1.165, 1.54) is 24.3 Å². The fourth-order valence-electron chi connectivity index (χ4n) is 4.67. The number of carbonyl (C=O) groups excluding carboxylic acids is 2. The normalized spacial score (nSPS) is 15.5. The number of aromatic hydroxyl groups is 2. The summed E-state index contributed by atoms with van der Waals surface area (Å²) in [5, 5.41) is 23.1. The average Bonchev–Trinajstić information content (AvgIpc) is 3.09. The summed E-state index contributed by atoms with van der Waals surface area (Å²) in [5.74, 6) is -0.257. The topological polar surface area (TPSA) is 105 Å². The van der Waals surface area contributed by atoms with Crippen molar-refractivity contribution in [3.63, 3.8) is 0 Å². The Bertz CT molecular complexity index is 1260. The summed E-state index contributed by atoms with van der Waals surface area (Å²) in [6.07, 6.45) is 2.52. The molecule has 1 atom stereocenters. The fraction of sp³-hybridized carbons (Fsp3) is 0.222. The van der Waals surface area contributed by atoms with Crippen LogP contribution in [0, 0.1) is 6.92 Å². The number of benzene rings is 3. The number of hydrogen-bond acceptors (Lipinski definition) is 6. The summed E-state index contributed by atoms with van der Waals surface area (Å²) in [7, 11) is 0. The number of ether oxygens (including phenoxy) is 2. The highest BCUT2D eigenvalue weighted by Gasteiger charge is 2.53. The zero-order valence-corrected chi connectivity index (χ0v) is 18.6. The van der Waals surface area contributed by atoms with Gasteiger partial charge in [0.2, 0.25) is 0 Å². The van der Waals surface area contributed by atoms with Crippen LogP contribution in [0.25, 0.3) is 0 Å². The number of fused-ring (bicyclic) bond motifs is 6. The lowest BCUT2D eigenvalue weighted by atomic mass is 9.77. The molecule has 3 aromatic rings. The van der Waals surface area contributed by atoms with Gasteiger partial charge in [-0.25, -0.2) is 4.79 Å². The first-order valence-corrected chi connectivity index (χ1v) is 11.2. The molecule has 2 heterocycles. The minimum absolute atomic E-state index is 0.0218. The van der Waals surface area contributed by atoms with Gasteiger partial charge < -0.3 is 25.0 Å². The molecule has 34 heavy (non-hydrogen) atoms. The monoisotopic (exact) mass is 458 g/mol. The number of esters is 1. The number of phenolic OH excluding ortho intramolecular Hbond substituents is 2. The summed E-state index contributed by atoms with van der Waals surface area (Å²) >= 11 is 0. The van der Waals surface area contributed by atoms with Crippen LogP contribution >= 0.6 is 0 Å². The van der Waals surface area contributed by atoms with Crippen molar-refractivity contribution in [3.8, 4) is 23.0 Å². The van der Waals surface area contributed by atoms with E-state index in [4.69, 9.17) is 9.47 Å². The number of phenols is 2. The molecule has 3 aromatic carbocycles. The van der Waals surface area contributed by atoms with Crippen molar-refractivity contribution in [1.29, 1.82) is 0 Å². The minimum atomic E-state index is -1.40. The highest BCUT2D eigenvalue weighted by atomic mass is 16.6. The lowest BCUT2D eigenvalue weighted by molar-refractivity contribution is 0.0224. The molecule has 5 rings (SSSR count). The molecule has 1 radical (unpaired) electrons. The molecule has 0 aliphatic carbocycles. The van der Waals surface area contributed by atoms with E-state index in [1.54, 1.807) is 30.3 Å². The molecule has 0 aromatic heterocycles. The molecule has 1 amide bonds. The first-order chi connectivity index (χ1) is 16.3. The molecule has 1 unspecified atom stereocenters. The van der Waals surface area contributed by atoms with Crippen LogP contribution in [0.5, 0.6) is 23.0 Å². The van der Waals surface area contributed by atoms with Gasteiger partial charge in [0.25, 0.3) is 5.91 Å². The molecule has 1 spiro atoms. The van der Waals surface area contributed by atoms with Crippen molar-refractivity contribution >= 4 is 11.9 Å². The van der Waals surface area contributed by atoms with Crippen LogP contribution in [0.1, 0.15) is 63.6 Å². The number of carbonyl (C=O) groups is 2. The average molecular weight is 458 g/mol. The second-order valence-corrected chi connectivity index (χ2v) is 8.66. The third-order valence-corrected chi connectivity index (χ3v) is 6.30. The lowest BCUT2D eigenvalue weighted by Crippen LogP contribution is -2.34. The smallest absolute Gasteiger partial charge is 0.340 e. The van der Waals surface area contributed by atoms with Gasteiger partial charge in [-0.05, 0) is 55.8 Å². The Hall–Kier alpha value is -4.00. The quantitative estimate of drug-likeness (QED) is 0.475. The van der Waals surface area contributed by atoms with Gasteiger partial charge in [0.1, 0.15) is 23.0 Å². The molecule has 173 valence electrons. The molecule has 2 aliphatic heterocycles. The molecule has 0 saturated carbocycles. The fourth-order valence-corrected chi connectivity index (χ4v) is 4.67. The van der Waals surface area contributed by atoms with Gasteiger partial charge in [0, 0.05) is 40.4 Å². The van der Waals surface area contributed by atoms with Gasteiger partial charge >= 0.3 is 5.97 Å². The predicted octanol–water partition coefficient (Wildman–Crippen LogP) is 4.79. The van der Waals surface area contributed by atoms with Gasteiger partial charge in [-0.1, -0.05) is 19.8 Å². The zero-order chi connectivity index (χ0) is 24.0. The standard InChI is InChI=1S/C27H24NO6/c1-3-4-5-15(2)28-25(31)16-6-9-19-22(12-16)27(34-26(19)32)20-10-7-17(29)13-23(20)33-24-14-18(30)8-11-21(24)27/h6-15,29-30H,1,3-5H2,2H3,(H,28,31). The van der Waals surface area contributed by atoms with Crippen LogP contribution < -0.4 is 10.1 Å². The van der Waals surface area contributed by atoms with E-state index in [2.05, 4.69) is 12.2 Å². The van der Waals surface area contributed by atoms with Crippen LogP contribution in [0.3, 0.4) is 0 Å². The number of amides is 1. The second kappa shape index (κ2) is 8.09. The van der Waals surface area contributed by atoms with Crippen molar-refractivity contribution in [1.82, 2.24) is 5.32 Å². The first-order valence-electron chi connectivity index (χ1n) is 11.2. The van der Waals surface area contributed by atoms with Crippen molar-refractivity contribution in [2.75, 3.05) is 0 Å². The first kappa shape index (κ1) is 21.8. The van der Waals surface area contributed by atoms with E-state index >= 15 is 0 Å². The molecule has 3 N–H and O–H groups in total. The largest absolute Gasteiger partial charge is 0.508 e. The number of nitrogens with one attached hydrogen (secondary N) is 1. The maximum Gasteiger partial charge on any atom is 0.340 e. The van der Waals surface area contributed by atoms with Crippen LogP contribution in [0.4, 0.5) is 0 Å². The molecule has 0 fully saturated rings. The van der Waals surface area contributed by atoms with E-state index in [-0.39, 0.29) is 34.9 Å². The SMILES string of the molecule is [CH2]CCCC(C)NC(=O)c1ccc2c(c1)C1(OC2=O)c2ccc(O)cc2Oc2cc(O)ccc21. The van der Waals surface area contributed by atoms with E-state index < -0.39 is 11.6 Å². The third kappa shape index (κ3) is 3.36. The maximum absolute atomic E-state index is 13.0. The molecular formula is C27H24NO6. The van der Waals surface area contributed by atoms with E-state index in [1.807, 2.05) is 6.92 Å². The molecule has 7 heteroatoms. The highest BCUT2D eigenvalue weighted by molar-refractivity contribution is 6.00. The summed E-state index contributed by atoms with van der Waals surface area (Å²) in [4.78, 5) is 26.0. The molecule has 0 saturated heterocycles. The van der Waals surface area contributed by atoms with Crippen molar-refractivity contribution < 1.29 is 29.3 Å². The number of unbranched alkanes of at least 4 members (excludes halogenated alkanes) is 1. The summed E-state index contributed by atoms with van der Waals surface area (Å²) in [6, 6.07) is 14.0. The molecule has 0 bridgehead atoms. The van der Waals surface area contributed by atoms with Crippen LogP contribution in [-0.2, 0) is 10.3 Å². The lowest BCUT2D eigenvalue weighted by Gasteiger charge is -2.36. The van der Waals surface area contributed by atoms with Gasteiger partial charge in [-0.2, -0.15) is 0 Å². The Morgan fingerprint density at radius 3 is 2.26 bits per heavy atom. The van der Waals surface area contributed by atoms with Crippen molar-refractivity contribution in [2.24, 2.45) is 0 Å². The maximum atomic E-state index is 13.0. The zero-order valence-electron chi connectivity index (χ0n) is 18.6. The third-order valence-electron chi connectivity index (χ3n) is 6.30. The van der Waals surface area contributed by atoms with Crippen LogP contribution in [0.2, 0.25) is 0 Å². The van der Waals surface area contributed by atoms with Gasteiger partial charge in [-0.15, -0.1) is 0 Å². The highest BCUT2D eigenvalue weighted by Crippen LogP contribution is 2.57. The number of rotatable bonds is 5. The van der Waals surface area contributed by atoms with E-state index in [9.17, 15) is 19.8 Å². The molecular weight excluding hydrogens is 434 g/mol.